The lowest BCUT2D eigenvalue weighted by Crippen LogP contribution is -2.53. The molecule has 0 aliphatic carbocycles. The fourth-order valence-corrected chi connectivity index (χ4v) is 3.92. The van der Waals surface area contributed by atoms with Crippen LogP contribution in [0.15, 0.2) is 48.5 Å². The second-order valence-electron chi connectivity index (χ2n) is 7.34. The second kappa shape index (κ2) is 8.64. The van der Waals surface area contributed by atoms with Crippen molar-refractivity contribution in [1.82, 2.24) is 10.2 Å². The van der Waals surface area contributed by atoms with Crippen molar-refractivity contribution in [2.45, 2.75) is 45.6 Å². The highest BCUT2D eigenvalue weighted by molar-refractivity contribution is 5.67. The fourth-order valence-electron chi connectivity index (χ4n) is 3.92. The smallest absolute Gasteiger partial charge is 0.0148 e. The zero-order valence-electron chi connectivity index (χ0n) is 16.0. The van der Waals surface area contributed by atoms with E-state index in [0.29, 0.717) is 12.0 Å². The summed E-state index contributed by atoms with van der Waals surface area (Å²) in [7, 11) is 0. The number of likely N-dealkylation sites (tertiary alicyclic amines) is 1. The molecule has 2 unspecified atom stereocenters. The minimum atomic E-state index is 0.670. The number of rotatable bonds is 8. The number of nitrogens with zero attached hydrogens (tertiary/aromatic N) is 1. The van der Waals surface area contributed by atoms with Crippen LogP contribution in [0.4, 0.5) is 0 Å². The zero-order valence-corrected chi connectivity index (χ0v) is 16.0. The van der Waals surface area contributed by atoms with Crippen molar-refractivity contribution in [1.29, 1.82) is 0 Å². The quantitative estimate of drug-likeness (QED) is 0.694. The minimum absolute atomic E-state index is 0.670. The van der Waals surface area contributed by atoms with Crippen LogP contribution in [-0.4, -0.2) is 37.1 Å². The Labute approximate surface area is 153 Å². The first-order valence-corrected chi connectivity index (χ1v) is 9.81. The average Bonchev–Trinajstić information content (AvgIpc) is 2.64. The summed E-state index contributed by atoms with van der Waals surface area (Å²) in [6, 6.07) is 18.6. The topological polar surface area (TPSA) is 15.3 Å². The van der Waals surface area contributed by atoms with E-state index in [2.05, 4.69) is 79.5 Å². The molecule has 0 radical (unpaired) electrons. The number of hydrogen-bond donors (Lipinski definition) is 1. The predicted molar refractivity (Wildman–Crippen MR) is 108 cm³/mol. The fraction of sp³-hybridized carbons (Fsp3) is 0.478. The summed E-state index contributed by atoms with van der Waals surface area (Å²) in [5.74, 6) is 0.694. The molecule has 3 rings (SSSR count). The molecule has 1 fully saturated rings. The Kier molecular flexibility index (Phi) is 6.28. The normalized spacial score (nSPS) is 20.4. The highest BCUT2D eigenvalue weighted by Crippen LogP contribution is 2.35. The summed E-state index contributed by atoms with van der Waals surface area (Å²) in [5, 5.41) is 3.41. The van der Waals surface area contributed by atoms with Gasteiger partial charge < -0.3 is 5.32 Å². The Morgan fingerprint density at radius 2 is 1.80 bits per heavy atom. The van der Waals surface area contributed by atoms with Crippen molar-refractivity contribution in [3.63, 3.8) is 0 Å². The maximum atomic E-state index is 3.41. The van der Waals surface area contributed by atoms with Crippen molar-refractivity contribution in [3.8, 4) is 11.1 Å². The molecule has 1 aliphatic rings. The van der Waals surface area contributed by atoms with Gasteiger partial charge in [-0.2, -0.15) is 0 Å². The Bertz CT molecular complexity index is 662. The summed E-state index contributed by atoms with van der Waals surface area (Å²) in [6.45, 7) is 11.4. The molecular formula is C23H32N2. The molecule has 2 aromatic rings. The van der Waals surface area contributed by atoms with Gasteiger partial charge in [0, 0.05) is 18.5 Å². The molecule has 1 N–H and O–H groups in total. The molecular weight excluding hydrogens is 304 g/mol. The van der Waals surface area contributed by atoms with Gasteiger partial charge in [0.05, 0.1) is 0 Å². The van der Waals surface area contributed by atoms with Crippen LogP contribution in [0.5, 0.6) is 0 Å². The van der Waals surface area contributed by atoms with Crippen LogP contribution in [0.3, 0.4) is 0 Å². The molecule has 1 saturated heterocycles. The van der Waals surface area contributed by atoms with Gasteiger partial charge in [-0.05, 0) is 68.6 Å². The standard InChI is InChI=1S/C23H32N2/c1-4-24-15-7-8-16-25-17-23(19(25)3)21-13-11-20(12-14-21)22-10-6-5-9-18(22)2/h5-6,9-14,19,23-24H,4,7-8,15-17H2,1-3H3. The number of benzene rings is 2. The van der Waals surface area contributed by atoms with Gasteiger partial charge in [-0.25, -0.2) is 0 Å². The molecule has 2 nitrogen and oxygen atoms in total. The average molecular weight is 337 g/mol. The van der Waals surface area contributed by atoms with E-state index in [9.17, 15) is 0 Å². The van der Waals surface area contributed by atoms with Gasteiger partial charge in [-0.1, -0.05) is 55.5 Å². The molecule has 25 heavy (non-hydrogen) atoms. The minimum Gasteiger partial charge on any atom is -0.317 e. The summed E-state index contributed by atoms with van der Waals surface area (Å²) < 4.78 is 0. The van der Waals surface area contributed by atoms with Crippen LogP contribution in [0.2, 0.25) is 0 Å². The molecule has 1 heterocycles. The third-order valence-corrected chi connectivity index (χ3v) is 5.68. The van der Waals surface area contributed by atoms with Crippen LogP contribution >= 0.6 is 0 Å². The van der Waals surface area contributed by atoms with Crippen LogP contribution < -0.4 is 5.32 Å². The van der Waals surface area contributed by atoms with Gasteiger partial charge in [0.1, 0.15) is 0 Å². The maximum Gasteiger partial charge on any atom is 0.0148 e. The van der Waals surface area contributed by atoms with Crippen molar-refractivity contribution < 1.29 is 0 Å². The largest absolute Gasteiger partial charge is 0.317 e. The molecule has 2 atom stereocenters. The lowest BCUT2D eigenvalue weighted by Gasteiger charge is -2.47. The molecule has 0 bridgehead atoms. The summed E-state index contributed by atoms with van der Waals surface area (Å²) in [5.41, 5.74) is 5.51. The Hall–Kier alpha value is -1.64. The molecule has 2 aromatic carbocycles. The number of aryl methyl sites for hydroxylation is 1. The summed E-state index contributed by atoms with van der Waals surface area (Å²) >= 11 is 0. The monoisotopic (exact) mass is 336 g/mol. The SMILES string of the molecule is CCNCCCCN1CC(c2ccc(-c3ccccc3C)cc2)C1C. The second-order valence-corrected chi connectivity index (χ2v) is 7.34. The lowest BCUT2D eigenvalue weighted by molar-refractivity contribution is 0.0709. The van der Waals surface area contributed by atoms with Crippen LogP contribution in [0.25, 0.3) is 11.1 Å². The van der Waals surface area contributed by atoms with E-state index in [1.807, 2.05) is 0 Å². The van der Waals surface area contributed by atoms with Crippen molar-refractivity contribution in [3.05, 3.63) is 59.7 Å². The number of nitrogens with one attached hydrogen (secondary N) is 1. The van der Waals surface area contributed by atoms with Crippen LogP contribution in [0, 0.1) is 6.92 Å². The molecule has 0 aromatic heterocycles. The van der Waals surface area contributed by atoms with Gasteiger partial charge in [0.2, 0.25) is 0 Å². The highest BCUT2D eigenvalue weighted by Gasteiger charge is 2.35. The third kappa shape index (κ3) is 4.31. The number of hydrogen-bond acceptors (Lipinski definition) is 2. The van der Waals surface area contributed by atoms with Crippen LogP contribution in [0.1, 0.15) is 43.7 Å². The third-order valence-electron chi connectivity index (χ3n) is 5.68. The Morgan fingerprint density at radius 3 is 2.48 bits per heavy atom. The van der Waals surface area contributed by atoms with Gasteiger partial charge in [0.25, 0.3) is 0 Å². The summed E-state index contributed by atoms with van der Waals surface area (Å²) in [4.78, 5) is 2.63. The predicted octanol–water partition coefficient (Wildman–Crippen LogP) is 4.84. The number of unbranched alkanes of at least 4 members (excludes halogenated alkanes) is 1. The Balaban J connectivity index is 1.53. The van der Waals surface area contributed by atoms with Crippen LogP contribution in [-0.2, 0) is 0 Å². The first-order valence-electron chi connectivity index (χ1n) is 9.81. The first-order chi connectivity index (χ1) is 12.2. The molecule has 0 spiro atoms. The van der Waals surface area contributed by atoms with Gasteiger partial charge in [-0.15, -0.1) is 0 Å². The molecule has 1 aliphatic heterocycles. The van der Waals surface area contributed by atoms with E-state index < -0.39 is 0 Å². The summed E-state index contributed by atoms with van der Waals surface area (Å²) in [6.07, 6.45) is 2.59. The maximum absolute atomic E-state index is 3.41. The van der Waals surface area contributed by atoms with E-state index in [-0.39, 0.29) is 0 Å². The molecule has 0 amide bonds. The van der Waals surface area contributed by atoms with Crippen molar-refractivity contribution >= 4 is 0 Å². The van der Waals surface area contributed by atoms with Crippen molar-refractivity contribution in [2.75, 3.05) is 26.2 Å². The van der Waals surface area contributed by atoms with E-state index in [0.717, 1.165) is 13.1 Å². The van der Waals surface area contributed by atoms with E-state index in [1.165, 1.54) is 48.2 Å². The molecule has 0 saturated carbocycles. The molecule has 2 heteroatoms. The van der Waals surface area contributed by atoms with Gasteiger partial charge in [0.15, 0.2) is 0 Å². The van der Waals surface area contributed by atoms with Gasteiger partial charge >= 0.3 is 0 Å². The zero-order chi connectivity index (χ0) is 17.6. The highest BCUT2D eigenvalue weighted by atomic mass is 15.2. The van der Waals surface area contributed by atoms with E-state index in [4.69, 9.17) is 0 Å². The van der Waals surface area contributed by atoms with E-state index >= 15 is 0 Å². The van der Waals surface area contributed by atoms with Crippen molar-refractivity contribution in [2.24, 2.45) is 0 Å². The van der Waals surface area contributed by atoms with Gasteiger partial charge in [-0.3, -0.25) is 4.90 Å². The van der Waals surface area contributed by atoms with E-state index in [1.54, 1.807) is 0 Å². The lowest BCUT2D eigenvalue weighted by atomic mass is 9.83. The first kappa shape index (κ1) is 18.2. The molecule has 134 valence electrons. The Morgan fingerprint density at radius 1 is 1.04 bits per heavy atom.